The Kier molecular flexibility index (Phi) is 10.6. The first-order valence-electron chi connectivity index (χ1n) is 13.7. The molecule has 3 aromatic carbocycles. The van der Waals surface area contributed by atoms with Gasteiger partial charge in [0.1, 0.15) is 0 Å². The fourth-order valence-corrected chi connectivity index (χ4v) is 5.55. The maximum atomic E-state index is 11.4. The Hall–Kier alpha value is -3.61. The molecule has 7 heteroatoms. The van der Waals surface area contributed by atoms with Gasteiger partial charge < -0.3 is 10.2 Å². The summed E-state index contributed by atoms with van der Waals surface area (Å²) in [5.41, 5.74) is 5.52. The molecule has 5 rings (SSSR count). The van der Waals surface area contributed by atoms with Crippen LogP contribution in [0.2, 0.25) is 5.02 Å². The molecule has 41 heavy (non-hydrogen) atoms. The van der Waals surface area contributed by atoms with Crippen molar-refractivity contribution in [1.29, 1.82) is 0 Å². The molecule has 1 aromatic heterocycles. The van der Waals surface area contributed by atoms with E-state index in [9.17, 15) is 14.7 Å². The number of carbonyl (C=O) groups is 2. The van der Waals surface area contributed by atoms with Crippen molar-refractivity contribution in [2.75, 3.05) is 5.75 Å². The Morgan fingerprint density at radius 2 is 1.71 bits per heavy atom. The first-order valence-corrected chi connectivity index (χ1v) is 14.8. The zero-order valence-electron chi connectivity index (χ0n) is 22.8. The largest absolute Gasteiger partial charge is 0.481 e. The molecule has 5 nitrogen and oxygen atoms in total. The van der Waals surface area contributed by atoms with Gasteiger partial charge in [-0.2, -0.15) is 12.6 Å². The van der Waals surface area contributed by atoms with Crippen molar-refractivity contribution >= 4 is 59.2 Å². The number of fused-ring (bicyclic) bond motifs is 1. The number of hydrogen-bond acceptors (Lipinski definition) is 4. The van der Waals surface area contributed by atoms with Gasteiger partial charge in [0.2, 0.25) is 0 Å². The summed E-state index contributed by atoms with van der Waals surface area (Å²) in [7, 11) is 0. The average molecular weight is 588 g/mol. The van der Waals surface area contributed by atoms with E-state index in [1.807, 2.05) is 54.6 Å². The first-order chi connectivity index (χ1) is 19.8. The predicted molar refractivity (Wildman–Crippen MR) is 170 cm³/mol. The highest BCUT2D eigenvalue weighted by atomic mass is 35.5. The highest BCUT2D eigenvalue weighted by Gasteiger charge is 2.43. The third kappa shape index (κ3) is 9.20. The second-order valence-corrected chi connectivity index (χ2v) is 11.4. The summed E-state index contributed by atoms with van der Waals surface area (Å²) in [6, 6.07) is 25.4. The van der Waals surface area contributed by atoms with E-state index in [1.54, 1.807) is 12.1 Å². The van der Waals surface area contributed by atoms with Gasteiger partial charge >= 0.3 is 11.9 Å². The van der Waals surface area contributed by atoms with Crippen LogP contribution in [-0.2, 0) is 17.6 Å². The number of carboxylic acids is 2. The van der Waals surface area contributed by atoms with E-state index in [-0.39, 0.29) is 5.41 Å². The van der Waals surface area contributed by atoms with Crippen molar-refractivity contribution in [1.82, 2.24) is 4.98 Å². The maximum absolute atomic E-state index is 11.4. The fraction of sp³-hybridized carbons (Fsp3) is 0.265. The smallest absolute Gasteiger partial charge is 0.335 e. The summed E-state index contributed by atoms with van der Waals surface area (Å²) in [5, 5.41) is 19.6. The van der Waals surface area contributed by atoms with E-state index < -0.39 is 11.9 Å². The number of aryl methyl sites for hydroxylation is 2. The summed E-state index contributed by atoms with van der Waals surface area (Å²) in [6.07, 6.45) is 10.1. The van der Waals surface area contributed by atoms with E-state index in [2.05, 4.69) is 41.9 Å². The Labute approximate surface area is 251 Å². The molecule has 0 unspecified atom stereocenters. The van der Waals surface area contributed by atoms with Crippen LogP contribution in [0.25, 0.3) is 23.1 Å². The van der Waals surface area contributed by atoms with Gasteiger partial charge in [0.25, 0.3) is 0 Å². The zero-order valence-corrected chi connectivity index (χ0v) is 24.5. The fourth-order valence-electron chi connectivity index (χ4n) is 4.91. The van der Waals surface area contributed by atoms with Crippen molar-refractivity contribution in [3.05, 3.63) is 112 Å². The van der Waals surface area contributed by atoms with Gasteiger partial charge in [0, 0.05) is 10.4 Å². The second-order valence-electron chi connectivity index (χ2n) is 10.5. The normalized spacial score (nSPS) is 13.5. The Balaban J connectivity index is 0.000000328. The van der Waals surface area contributed by atoms with Gasteiger partial charge in [-0.25, -0.2) is 9.78 Å². The summed E-state index contributed by atoms with van der Waals surface area (Å²) in [5.74, 6) is -0.723. The highest BCUT2D eigenvalue weighted by molar-refractivity contribution is 7.80. The van der Waals surface area contributed by atoms with E-state index in [1.165, 1.54) is 5.56 Å². The number of aromatic nitrogens is 1. The molecule has 1 fully saturated rings. The lowest BCUT2D eigenvalue weighted by atomic mass is 9.99. The SMILES string of the molecule is O=C(O)CC1(CCS)CC1.O=C(O)c1ccccc1CCCc1cccc(/C=C/c2ccc3ccc(Cl)cc3n2)c1. The molecule has 0 spiro atoms. The van der Waals surface area contributed by atoms with Gasteiger partial charge in [-0.15, -0.1) is 0 Å². The minimum Gasteiger partial charge on any atom is -0.481 e. The number of halogens is 1. The standard InChI is InChI=1S/C27H22ClNO2.C7H12O2S/c28-23-14-12-22-13-16-24(29-26(22)18-23)15-11-20-6-3-5-19(17-20)7-4-9-21-8-1-2-10-25(21)27(30)31;8-6(9)5-7(1-2-7)3-4-10/h1-3,5-6,8,10-18H,4,7,9H2,(H,30,31);10H,1-5H2,(H,8,9)/b15-11+;. The molecule has 1 heterocycles. The molecular formula is C34H34ClNO4S. The number of thiol groups is 1. The van der Waals surface area contributed by atoms with Crippen LogP contribution < -0.4 is 0 Å². The molecule has 4 aromatic rings. The summed E-state index contributed by atoms with van der Waals surface area (Å²) in [6.45, 7) is 0. The predicted octanol–water partition coefficient (Wildman–Crippen LogP) is 8.49. The lowest BCUT2D eigenvalue weighted by molar-refractivity contribution is -0.138. The molecule has 0 aliphatic heterocycles. The van der Waals surface area contributed by atoms with E-state index in [4.69, 9.17) is 16.7 Å². The van der Waals surface area contributed by atoms with Crippen molar-refractivity contribution in [3.8, 4) is 0 Å². The number of hydrogen-bond donors (Lipinski definition) is 3. The number of rotatable bonds is 11. The van der Waals surface area contributed by atoms with Gasteiger partial charge in [0.05, 0.1) is 23.2 Å². The molecule has 1 saturated carbocycles. The van der Waals surface area contributed by atoms with Crippen molar-refractivity contribution in [3.63, 3.8) is 0 Å². The quantitative estimate of drug-likeness (QED) is 0.153. The minimum absolute atomic E-state index is 0.146. The summed E-state index contributed by atoms with van der Waals surface area (Å²) >= 11 is 10.2. The third-order valence-electron chi connectivity index (χ3n) is 7.36. The lowest BCUT2D eigenvalue weighted by Crippen LogP contribution is -2.08. The average Bonchev–Trinajstić information content (AvgIpc) is 3.70. The van der Waals surface area contributed by atoms with Gasteiger partial charge in [-0.05, 0) is 96.7 Å². The molecule has 0 amide bonds. The molecule has 2 N–H and O–H groups in total. The van der Waals surface area contributed by atoms with Gasteiger partial charge in [-0.3, -0.25) is 4.79 Å². The monoisotopic (exact) mass is 587 g/mol. The van der Waals surface area contributed by atoms with Crippen LogP contribution >= 0.6 is 24.2 Å². The Morgan fingerprint density at radius 1 is 0.927 bits per heavy atom. The summed E-state index contributed by atoms with van der Waals surface area (Å²) < 4.78 is 0. The minimum atomic E-state index is -0.868. The number of aliphatic carboxylic acids is 1. The topological polar surface area (TPSA) is 87.5 Å². The van der Waals surface area contributed by atoms with E-state index in [0.29, 0.717) is 17.0 Å². The highest BCUT2D eigenvalue weighted by Crippen LogP contribution is 2.51. The molecule has 0 saturated heterocycles. The van der Waals surface area contributed by atoms with E-state index >= 15 is 0 Å². The van der Waals surface area contributed by atoms with Crippen LogP contribution in [0.4, 0.5) is 0 Å². The lowest BCUT2D eigenvalue weighted by Gasteiger charge is -2.08. The molecule has 0 radical (unpaired) electrons. The van der Waals surface area contributed by atoms with Crippen molar-refractivity contribution in [2.45, 2.75) is 44.9 Å². The molecule has 0 bridgehead atoms. The van der Waals surface area contributed by atoms with Crippen LogP contribution in [0.3, 0.4) is 0 Å². The second kappa shape index (κ2) is 14.3. The number of aromatic carboxylic acids is 1. The van der Waals surface area contributed by atoms with Crippen LogP contribution in [0.15, 0.2) is 78.9 Å². The van der Waals surface area contributed by atoms with Crippen molar-refractivity contribution in [2.24, 2.45) is 5.41 Å². The van der Waals surface area contributed by atoms with Gasteiger partial charge in [-0.1, -0.05) is 72.3 Å². The Morgan fingerprint density at radius 3 is 2.44 bits per heavy atom. The number of nitrogens with zero attached hydrogens (tertiary/aromatic N) is 1. The number of carboxylic acid groups (broad SMARTS) is 2. The van der Waals surface area contributed by atoms with E-state index in [0.717, 1.165) is 72.0 Å². The van der Waals surface area contributed by atoms with Crippen LogP contribution in [0.5, 0.6) is 0 Å². The van der Waals surface area contributed by atoms with Gasteiger partial charge in [0.15, 0.2) is 0 Å². The zero-order chi connectivity index (χ0) is 29.2. The van der Waals surface area contributed by atoms with Crippen molar-refractivity contribution < 1.29 is 19.8 Å². The summed E-state index contributed by atoms with van der Waals surface area (Å²) in [4.78, 5) is 26.3. The molecule has 212 valence electrons. The molecule has 1 aliphatic rings. The molecule has 0 atom stereocenters. The van der Waals surface area contributed by atoms with Crippen LogP contribution in [0, 0.1) is 5.41 Å². The van der Waals surface area contributed by atoms with Crippen LogP contribution in [-0.4, -0.2) is 32.9 Å². The maximum Gasteiger partial charge on any atom is 0.335 e. The molecule has 1 aliphatic carbocycles. The first kappa shape index (κ1) is 30.4. The number of benzene rings is 3. The van der Waals surface area contributed by atoms with Crippen LogP contribution in [0.1, 0.15) is 64.8 Å². The molecular weight excluding hydrogens is 554 g/mol. The third-order valence-corrected chi connectivity index (χ3v) is 7.82. The number of pyridine rings is 1. The Bertz CT molecular complexity index is 1550.